The third kappa shape index (κ3) is 8.12. The van der Waals surface area contributed by atoms with Crippen LogP contribution in [0.3, 0.4) is 0 Å². The molecule has 0 amide bonds. The maximum Gasteiger partial charge on any atom is 0.320 e. The highest BCUT2D eigenvalue weighted by Gasteiger charge is 2.12. The normalized spacial score (nSPS) is 10.8. The van der Waals surface area contributed by atoms with E-state index < -0.39 is 18.0 Å². The molecule has 100 valence electrons. The van der Waals surface area contributed by atoms with E-state index in [1.807, 2.05) is 30.3 Å². The lowest BCUT2D eigenvalue weighted by Crippen LogP contribution is -2.30. The summed E-state index contributed by atoms with van der Waals surface area (Å²) in [5.74, 6) is -1.29. The molecular formula is C12H17NO5. The van der Waals surface area contributed by atoms with Crippen molar-refractivity contribution in [1.29, 1.82) is 0 Å². The molecule has 18 heavy (non-hydrogen) atoms. The predicted octanol–water partition coefficient (Wildman–Crippen LogP) is 0.958. The van der Waals surface area contributed by atoms with E-state index in [-0.39, 0.29) is 12.8 Å². The number of rotatable bonds is 5. The highest BCUT2D eigenvalue weighted by Crippen LogP contribution is 2.05. The van der Waals surface area contributed by atoms with Crippen molar-refractivity contribution in [3.05, 3.63) is 30.3 Å². The number of carboxylic acids is 2. The summed E-state index contributed by atoms with van der Waals surface area (Å²) in [7, 11) is 1.66. The van der Waals surface area contributed by atoms with Crippen molar-refractivity contribution in [2.75, 3.05) is 7.11 Å². The van der Waals surface area contributed by atoms with Crippen LogP contribution in [0, 0.1) is 0 Å². The van der Waals surface area contributed by atoms with Gasteiger partial charge in [-0.1, -0.05) is 18.2 Å². The van der Waals surface area contributed by atoms with Crippen molar-refractivity contribution in [1.82, 2.24) is 0 Å². The first-order valence-corrected chi connectivity index (χ1v) is 5.26. The number of hydrogen-bond acceptors (Lipinski definition) is 4. The number of benzene rings is 1. The number of methoxy groups -OCH3 is 1. The quantitative estimate of drug-likeness (QED) is 0.722. The molecule has 1 rings (SSSR count). The van der Waals surface area contributed by atoms with E-state index in [1.165, 1.54) is 0 Å². The SMILES string of the molecule is COc1ccccc1.N[C@@H](CCC(=O)O)C(=O)O. The number of para-hydroxylation sites is 1. The van der Waals surface area contributed by atoms with Gasteiger partial charge in [0.1, 0.15) is 11.8 Å². The van der Waals surface area contributed by atoms with Crippen molar-refractivity contribution < 1.29 is 24.5 Å². The Morgan fingerprint density at radius 1 is 1.28 bits per heavy atom. The highest BCUT2D eigenvalue weighted by molar-refractivity contribution is 5.74. The van der Waals surface area contributed by atoms with E-state index in [2.05, 4.69) is 0 Å². The van der Waals surface area contributed by atoms with Crippen molar-refractivity contribution in [3.8, 4) is 5.75 Å². The van der Waals surface area contributed by atoms with Gasteiger partial charge in [0.2, 0.25) is 0 Å². The van der Waals surface area contributed by atoms with Crippen molar-refractivity contribution in [3.63, 3.8) is 0 Å². The molecule has 0 aliphatic carbocycles. The predicted molar refractivity (Wildman–Crippen MR) is 65.5 cm³/mol. The molecule has 0 radical (unpaired) electrons. The van der Waals surface area contributed by atoms with Crippen LogP contribution in [0.2, 0.25) is 0 Å². The van der Waals surface area contributed by atoms with E-state index >= 15 is 0 Å². The summed E-state index contributed by atoms with van der Waals surface area (Å²) in [6, 6.07) is 8.62. The topological polar surface area (TPSA) is 110 Å². The molecular weight excluding hydrogens is 238 g/mol. The zero-order valence-corrected chi connectivity index (χ0v) is 10.1. The van der Waals surface area contributed by atoms with Gasteiger partial charge in [-0.05, 0) is 18.6 Å². The Morgan fingerprint density at radius 2 is 1.83 bits per heavy atom. The molecule has 1 aromatic rings. The second-order valence-electron chi connectivity index (χ2n) is 3.39. The standard InChI is InChI=1S/C7H8O.C5H9NO4/c1-8-7-5-3-2-4-6-7;6-3(5(9)10)1-2-4(7)8/h2-6H,1H3;3H,1-2,6H2,(H,7,8)(H,9,10)/t;3-/m.0/s1. The Hall–Kier alpha value is -2.08. The molecule has 1 atom stereocenters. The van der Waals surface area contributed by atoms with Crippen LogP contribution < -0.4 is 10.5 Å². The number of aliphatic carboxylic acids is 2. The Kier molecular flexibility index (Phi) is 7.96. The Morgan fingerprint density at radius 3 is 2.17 bits per heavy atom. The van der Waals surface area contributed by atoms with Gasteiger partial charge in [-0.25, -0.2) is 0 Å². The summed E-state index contributed by atoms with van der Waals surface area (Å²) < 4.78 is 4.91. The van der Waals surface area contributed by atoms with Crippen molar-refractivity contribution >= 4 is 11.9 Å². The fourth-order valence-corrected chi connectivity index (χ4v) is 0.959. The molecule has 0 aliphatic heterocycles. The van der Waals surface area contributed by atoms with E-state index in [9.17, 15) is 9.59 Å². The molecule has 0 fully saturated rings. The largest absolute Gasteiger partial charge is 0.497 e. The maximum atomic E-state index is 9.99. The van der Waals surface area contributed by atoms with Gasteiger partial charge in [-0.2, -0.15) is 0 Å². The zero-order valence-electron chi connectivity index (χ0n) is 10.1. The molecule has 4 N–H and O–H groups in total. The molecule has 0 saturated heterocycles. The van der Waals surface area contributed by atoms with Crippen LogP contribution in [0.25, 0.3) is 0 Å². The molecule has 0 aliphatic rings. The first-order valence-electron chi connectivity index (χ1n) is 5.26. The van der Waals surface area contributed by atoms with Gasteiger partial charge >= 0.3 is 11.9 Å². The Bertz CT molecular complexity index is 366. The second-order valence-corrected chi connectivity index (χ2v) is 3.39. The van der Waals surface area contributed by atoms with E-state index in [1.54, 1.807) is 7.11 Å². The average Bonchev–Trinajstić information content (AvgIpc) is 2.37. The number of carboxylic acid groups (broad SMARTS) is 2. The monoisotopic (exact) mass is 255 g/mol. The van der Waals surface area contributed by atoms with E-state index in [4.69, 9.17) is 20.7 Å². The molecule has 6 nitrogen and oxygen atoms in total. The van der Waals surface area contributed by atoms with Gasteiger partial charge in [-0.15, -0.1) is 0 Å². The average molecular weight is 255 g/mol. The van der Waals surface area contributed by atoms with Gasteiger partial charge in [0.15, 0.2) is 0 Å². The minimum atomic E-state index is -1.17. The van der Waals surface area contributed by atoms with Gasteiger partial charge in [0.05, 0.1) is 7.11 Å². The third-order valence-electron chi connectivity index (χ3n) is 1.97. The summed E-state index contributed by atoms with van der Waals surface area (Å²) in [5.41, 5.74) is 5.00. The van der Waals surface area contributed by atoms with Crippen molar-refractivity contribution in [2.45, 2.75) is 18.9 Å². The highest BCUT2D eigenvalue weighted by atomic mass is 16.5. The lowest BCUT2D eigenvalue weighted by atomic mass is 10.2. The van der Waals surface area contributed by atoms with Crippen LogP contribution in [0.1, 0.15) is 12.8 Å². The zero-order chi connectivity index (χ0) is 14.0. The van der Waals surface area contributed by atoms with Gasteiger partial charge in [-0.3, -0.25) is 9.59 Å². The lowest BCUT2D eigenvalue weighted by Gasteiger charge is -2.01. The summed E-state index contributed by atoms with van der Waals surface area (Å²) in [5, 5.41) is 16.3. The minimum Gasteiger partial charge on any atom is -0.497 e. The molecule has 1 aromatic carbocycles. The smallest absolute Gasteiger partial charge is 0.320 e. The molecule has 6 heteroatoms. The fourth-order valence-electron chi connectivity index (χ4n) is 0.959. The number of ether oxygens (including phenoxy) is 1. The molecule has 0 heterocycles. The molecule has 0 spiro atoms. The first-order chi connectivity index (χ1) is 8.47. The van der Waals surface area contributed by atoms with Crippen LogP contribution in [-0.4, -0.2) is 35.3 Å². The summed E-state index contributed by atoms with van der Waals surface area (Å²) in [6.45, 7) is 0. The maximum absolute atomic E-state index is 9.99. The van der Waals surface area contributed by atoms with E-state index in [0.717, 1.165) is 5.75 Å². The Labute approximate surface area is 105 Å². The lowest BCUT2D eigenvalue weighted by molar-refractivity contribution is -0.139. The summed E-state index contributed by atoms with van der Waals surface area (Å²) in [6.07, 6.45) is -0.224. The third-order valence-corrected chi connectivity index (χ3v) is 1.97. The fraction of sp³-hybridized carbons (Fsp3) is 0.333. The molecule has 0 unspecified atom stereocenters. The minimum absolute atomic E-state index is 0.0231. The van der Waals surface area contributed by atoms with Crippen LogP contribution in [0.15, 0.2) is 30.3 Å². The van der Waals surface area contributed by atoms with Crippen molar-refractivity contribution in [2.24, 2.45) is 5.73 Å². The molecule has 0 saturated carbocycles. The number of nitrogens with two attached hydrogens (primary N) is 1. The van der Waals surface area contributed by atoms with Crippen LogP contribution in [-0.2, 0) is 9.59 Å². The van der Waals surface area contributed by atoms with Crippen LogP contribution in [0.5, 0.6) is 5.75 Å². The second kappa shape index (κ2) is 9.00. The van der Waals surface area contributed by atoms with Gasteiger partial charge < -0.3 is 20.7 Å². The van der Waals surface area contributed by atoms with Gasteiger partial charge in [0.25, 0.3) is 0 Å². The van der Waals surface area contributed by atoms with Crippen LogP contribution in [0.4, 0.5) is 0 Å². The van der Waals surface area contributed by atoms with Gasteiger partial charge in [0, 0.05) is 6.42 Å². The molecule has 0 aromatic heterocycles. The number of carbonyl (C=O) groups is 2. The summed E-state index contributed by atoms with van der Waals surface area (Å²) in [4.78, 5) is 19.9. The number of hydrogen-bond donors (Lipinski definition) is 3. The first kappa shape index (κ1) is 15.9. The summed E-state index contributed by atoms with van der Waals surface area (Å²) >= 11 is 0. The Balaban J connectivity index is 0.000000327. The van der Waals surface area contributed by atoms with Crippen LogP contribution >= 0.6 is 0 Å². The van der Waals surface area contributed by atoms with E-state index in [0.29, 0.717) is 0 Å². The molecule has 0 bridgehead atoms.